The maximum atomic E-state index is 13.1. The maximum Gasteiger partial charge on any atom is 0.308 e. The Bertz CT molecular complexity index is 975. The third kappa shape index (κ3) is 3.11. The van der Waals surface area contributed by atoms with Crippen molar-refractivity contribution in [3.8, 4) is 0 Å². The molecule has 0 radical (unpaired) electrons. The molecular formula is C26H36O7. The third-order valence-corrected chi connectivity index (χ3v) is 8.89. The molecule has 2 fully saturated rings. The van der Waals surface area contributed by atoms with Crippen molar-refractivity contribution >= 4 is 17.7 Å². The largest absolute Gasteiger partial charge is 0.461 e. The van der Waals surface area contributed by atoms with Gasteiger partial charge < -0.3 is 19.7 Å². The summed E-state index contributed by atoms with van der Waals surface area (Å²) in [6.07, 6.45) is 4.01. The summed E-state index contributed by atoms with van der Waals surface area (Å²) in [6.45, 7) is 12.5. The average Bonchev–Trinajstić information content (AvgIpc) is 3.11. The summed E-state index contributed by atoms with van der Waals surface area (Å²) in [7, 11) is 0. The van der Waals surface area contributed by atoms with Crippen LogP contribution in [0.15, 0.2) is 23.3 Å². The van der Waals surface area contributed by atoms with E-state index in [0.717, 1.165) is 0 Å². The molecule has 4 rings (SSSR count). The zero-order valence-corrected chi connectivity index (χ0v) is 20.6. The number of aliphatic hydroxyl groups is 2. The Balaban J connectivity index is 1.84. The standard InChI is InChI=1S/C26H36O7/c1-13(2)22(29)33-25-10-15(4)26(31)18(20(25)23(25,6)7)9-17(12-32-16(5)27)11-24(30)19(26)8-14(3)21(24)28/h8-9,13,15,18-20,30-31H,10-12H2,1-7H3/t15-,18?,19-,20+,24-,25+,26-/m1/s1. The second-order valence-corrected chi connectivity index (χ2v) is 11.5. The van der Waals surface area contributed by atoms with Gasteiger partial charge in [-0.25, -0.2) is 0 Å². The number of hydrogen-bond donors (Lipinski definition) is 2. The second kappa shape index (κ2) is 7.25. The van der Waals surface area contributed by atoms with Gasteiger partial charge in [-0.15, -0.1) is 0 Å². The normalized spacial score (nSPS) is 42.9. The zero-order valence-electron chi connectivity index (χ0n) is 20.6. The van der Waals surface area contributed by atoms with Crippen molar-refractivity contribution in [1.29, 1.82) is 0 Å². The summed E-state index contributed by atoms with van der Waals surface area (Å²) >= 11 is 0. The molecule has 0 bridgehead atoms. The molecule has 0 spiro atoms. The van der Waals surface area contributed by atoms with Crippen LogP contribution in [0.1, 0.15) is 61.3 Å². The van der Waals surface area contributed by atoms with Gasteiger partial charge in [0.2, 0.25) is 0 Å². The highest BCUT2D eigenvalue weighted by Gasteiger charge is 2.83. The Morgan fingerprint density at radius 2 is 1.85 bits per heavy atom. The van der Waals surface area contributed by atoms with Crippen LogP contribution in [0, 0.1) is 35.0 Å². The van der Waals surface area contributed by atoms with Gasteiger partial charge in [-0.1, -0.05) is 46.8 Å². The smallest absolute Gasteiger partial charge is 0.308 e. The summed E-state index contributed by atoms with van der Waals surface area (Å²) < 4.78 is 11.4. The first-order valence-electron chi connectivity index (χ1n) is 11.9. The summed E-state index contributed by atoms with van der Waals surface area (Å²) in [5, 5.41) is 24.0. The molecule has 2 saturated carbocycles. The number of carbonyl (C=O) groups excluding carboxylic acids is 3. The molecule has 0 heterocycles. The predicted octanol–water partition coefficient (Wildman–Crippen LogP) is 2.74. The number of Topliss-reactive ketones (excluding diaryl/α,β-unsaturated/α-hetero) is 1. The molecule has 182 valence electrons. The maximum absolute atomic E-state index is 13.1. The molecule has 7 heteroatoms. The molecule has 4 aliphatic rings. The monoisotopic (exact) mass is 460 g/mol. The quantitative estimate of drug-likeness (QED) is 0.490. The van der Waals surface area contributed by atoms with Crippen molar-refractivity contribution in [2.75, 3.05) is 6.61 Å². The molecule has 7 atom stereocenters. The summed E-state index contributed by atoms with van der Waals surface area (Å²) in [5.41, 5.74) is -3.36. The topological polar surface area (TPSA) is 110 Å². The van der Waals surface area contributed by atoms with E-state index in [9.17, 15) is 24.6 Å². The number of esters is 2. The number of ether oxygens (including phenoxy) is 2. The lowest BCUT2D eigenvalue weighted by atomic mass is 9.60. The van der Waals surface area contributed by atoms with Gasteiger partial charge in [-0.2, -0.15) is 0 Å². The molecule has 0 saturated heterocycles. The predicted molar refractivity (Wildman–Crippen MR) is 120 cm³/mol. The van der Waals surface area contributed by atoms with Crippen LogP contribution in [0.4, 0.5) is 0 Å². The molecule has 33 heavy (non-hydrogen) atoms. The van der Waals surface area contributed by atoms with Crippen LogP contribution < -0.4 is 0 Å². The van der Waals surface area contributed by atoms with Gasteiger partial charge in [0.25, 0.3) is 0 Å². The van der Waals surface area contributed by atoms with Crippen LogP contribution in [-0.2, 0) is 23.9 Å². The van der Waals surface area contributed by atoms with Gasteiger partial charge in [0.15, 0.2) is 5.78 Å². The molecular weight excluding hydrogens is 424 g/mol. The van der Waals surface area contributed by atoms with Crippen molar-refractivity contribution in [1.82, 2.24) is 0 Å². The minimum absolute atomic E-state index is 0.0188. The molecule has 0 aromatic rings. The van der Waals surface area contributed by atoms with Crippen LogP contribution in [0.3, 0.4) is 0 Å². The first-order valence-corrected chi connectivity index (χ1v) is 11.9. The lowest BCUT2D eigenvalue weighted by Gasteiger charge is -2.50. The fourth-order valence-electron chi connectivity index (χ4n) is 7.08. The highest BCUT2D eigenvalue weighted by Crippen LogP contribution is 2.76. The van der Waals surface area contributed by atoms with Crippen LogP contribution >= 0.6 is 0 Å². The van der Waals surface area contributed by atoms with E-state index in [-0.39, 0.29) is 36.8 Å². The van der Waals surface area contributed by atoms with E-state index in [1.165, 1.54) is 6.92 Å². The SMILES string of the molecule is CC(=O)OCC1=CC2[C@H]3C(C)(C)[C@]3(OC(=O)C(C)C)C[C@@H](C)[C@]2(O)[C@@H]2C=C(C)C(=O)[C@@]2(O)C1. The number of carbonyl (C=O) groups is 3. The first kappa shape index (κ1) is 24.1. The Hall–Kier alpha value is -1.99. The van der Waals surface area contributed by atoms with E-state index >= 15 is 0 Å². The van der Waals surface area contributed by atoms with E-state index in [1.54, 1.807) is 26.8 Å². The minimum Gasteiger partial charge on any atom is -0.461 e. The zero-order chi connectivity index (χ0) is 24.7. The lowest BCUT2D eigenvalue weighted by molar-refractivity contribution is -0.188. The number of rotatable bonds is 4. The minimum atomic E-state index is -1.80. The van der Waals surface area contributed by atoms with Crippen molar-refractivity contribution in [2.24, 2.45) is 35.0 Å². The van der Waals surface area contributed by atoms with E-state index in [1.807, 2.05) is 26.8 Å². The first-order chi connectivity index (χ1) is 15.1. The Morgan fingerprint density at radius 3 is 2.42 bits per heavy atom. The molecule has 2 N–H and O–H groups in total. The lowest BCUT2D eigenvalue weighted by Crippen LogP contribution is -2.61. The molecule has 0 aromatic heterocycles. The number of ketones is 1. The van der Waals surface area contributed by atoms with Crippen LogP contribution in [0.2, 0.25) is 0 Å². The van der Waals surface area contributed by atoms with Crippen LogP contribution in [0.25, 0.3) is 0 Å². The molecule has 1 unspecified atom stereocenters. The van der Waals surface area contributed by atoms with Crippen molar-refractivity contribution in [2.45, 2.75) is 78.1 Å². The second-order valence-electron chi connectivity index (χ2n) is 11.5. The van der Waals surface area contributed by atoms with E-state index in [2.05, 4.69) is 0 Å². The Labute approximate surface area is 195 Å². The molecule has 7 nitrogen and oxygen atoms in total. The molecule has 4 aliphatic carbocycles. The van der Waals surface area contributed by atoms with Crippen LogP contribution in [0.5, 0.6) is 0 Å². The summed E-state index contributed by atoms with van der Waals surface area (Å²) in [6, 6.07) is 0. The van der Waals surface area contributed by atoms with E-state index in [4.69, 9.17) is 9.47 Å². The van der Waals surface area contributed by atoms with E-state index in [0.29, 0.717) is 17.6 Å². The number of hydrogen-bond acceptors (Lipinski definition) is 7. The van der Waals surface area contributed by atoms with Crippen molar-refractivity contribution in [3.05, 3.63) is 23.3 Å². The Morgan fingerprint density at radius 1 is 1.21 bits per heavy atom. The van der Waals surface area contributed by atoms with Gasteiger partial charge in [-0.3, -0.25) is 14.4 Å². The van der Waals surface area contributed by atoms with Gasteiger partial charge in [0.1, 0.15) is 17.8 Å². The van der Waals surface area contributed by atoms with E-state index < -0.39 is 45.8 Å². The van der Waals surface area contributed by atoms with Crippen molar-refractivity contribution < 1.29 is 34.1 Å². The highest BCUT2D eigenvalue weighted by atomic mass is 16.6. The van der Waals surface area contributed by atoms with Gasteiger partial charge in [-0.05, 0) is 30.4 Å². The molecule has 0 aromatic carbocycles. The van der Waals surface area contributed by atoms with Gasteiger partial charge in [0, 0.05) is 36.5 Å². The van der Waals surface area contributed by atoms with Gasteiger partial charge >= 0.3 is 11.9 Å². The fourth-order valence-corrected chi connectivity index (χ4v) is 7.08. The highest BCUT2D eigenvalue weighted by molar-refractivity contribution is 6.04. The summed E-state index contributed by atoms with van der Waals surface area (Å²) in [4.78, 5) is 37.3. The summed E-state index contributed by atoms with van der Waals surface area (Å²) in [5.74, 6) is -3.28. The third-order valence-electron chi connectivity index (χ3n) is 8.89. The molecule has 0 amide bonds. The Kier molecular flexibility index (Phi) is 5.31. The van der Waals surface area contributed by atoms with Crippen molar-refractivity contribution in [3.63, 3.8) is 0 Å². The van der Waals surface area contributed by atoms with Crippen LogP contribution in [-0.4, -0.2) is 51.3 Å². The van der Waals surface area contributed by atoms with Gasteiger partial charge in [0.05, 0.1) is 11.5 Å². The average molecular weight is 461 g/mol. The number of fused-ring (bicyclic) bond motifs is 5. The molecule has 0 aliphatic heterocycles. The fraction of sp³-hybridized carbons (Fsp3) is 0.731.